The van der Waals surface area contributed by atoms with Crippen LogP contribution in [0.15, 0.2) is 24.5 Å². The molecule has 4 heteroatoms. The number of nitrogens with one attached hydrogen (secondary N) is 2. The Kier molecular flexibility index (Phi) is 4.99. The van der Waals surface area contributed by atoms with Crippen LogP contribution in [0.5, 0.6) is 0 Å². The summed E-state index contributed by atoms with van der Waals surface area (Å²) in [6, 6.07) is 3.76. The van der Waals surface area contributed by atoms with E-state index < -0.39 is 0 Å². The third kappa shape index (κ3) is 3.95. The topological polar surface area (TPSA) is 54.0 Å². The number of pyridine rings is 1. The lowest BCUT2D eigenvalue weighted by molar-refractivity contribution is 0.172. The Balaban J connectivity index is 1.94. The Labute approximate surface area is 121 Å². The zero-order valence-electron chi connectivity index (χ0n) is 12.6. The van der Waals surface area contributed by atoms with Crippen LogP contribution < -0.4 is 10.6 Å². The van der Waals surface area contributed by atoms with E-state index in [0.29, 0.717) is 17.8 Å². The van der Waals surface area contributed by atoms with Crippen molar-refractivity contribution in [2.24, 2.45) is 17.8 Å². The Morgan fingerprint density at radius 2 is 2.00 bits per heavy atom. The highest BCUT2D eigenvalue weighted by molar-refractivity contribution is 5.89. The molecule has 0 saturated heterocycles. The highest BCUT2D eigenvalue weighted by Crippen LogP contribution is 2.33. The summed E-state index contributed by atoms with van der Waals surface area (Å²) in [5, 5.41) is 6.03. The summed E-state index contributed by atoms with van der Waals surface area (Å²) < 4.78 is 0. The molecule has 1 aliphatic carbocycles. The van der Waals surface area contributed by atoms with Crippen molar-refractivity contribution < 1.29 is 4.79 Å². The van der Waals surface area contributed by atoms with Gasteiger partial charge in [0.15, 0.2) is 0 Å². The zero-order chi connectivity index (χ0) is 14.5. The normalized spacial score (nSPS) is 26.3. The zero-order valence-corrected chi connectivity index (χ0v) is 12.6. The smallest absolute Gasteiger partial charge is 0.319 e. The lowest BCUT2D eigenvalue weighted by Crippen LogP contribution is -2.47. The Morgan fingerprint density at radius 3 is 2.65 bits per heavy atom. The lowest BCUT2D eigenvalue weighted by atomic mass is 9.74. The van der Waals surface area contributed by atoms with Gasteiger partial charge in [0.05, 0.1) is 0 Å². The fourth-order valence-electron chi connectivity index (χ4n) is 3.14. The van der Waals surface area contributed by atoms with Gasteiger partial charge >= 0.3 is 6.03 Å². The number of aromatic nitrogens is 1. The van der Waals surface area contributed by atoms with E-state index in [1.165, 1.54) is 12.8 Å². The van der Waals surface area contributed by atoms with Gasteiger partial charge in [-0.2, -0.15) is 0 Å². The standard InChI is InChI=1S/C16H25N3O/c1-11(2)14-5-4-12(3)10-15(14)19-16(20)18-13-6-8-17-9-7-13/h6-9,11-12,14-15H,4-5,10H2,1-3H3,(H2,17,18,19,20)/t12-,14+,15+/m1/s1. The van der Waals surface area contributed by atoms with Crippen molar-refractivity contribution in [2.45, 2.75) is 46.1 Å². The van der Waals surface area contributed by atoms with Crippen LogP contribution in [0.2, 0.25) is 0 Å². The number of nitrogens with zero attached hydrogens (tertiary/aromatic N) is 1. The van der Waals surface area contributed by atoms with Gasteiger partial charge < -0.3 is 10.6 Å². The number of anilines is 1. The summed E-state index contributed by atoms with van der Waals surface area (Å²) >= 11 is 0. The van der Waals surface area contributed by atoms with Gasteiger partial charge in [-0.15, -0.1) is 0 Å². The Morgan fingerprint density at radius 1 is 1.30 bits per heavy atom. The first-order chi connectivity index (χ1) is 9.56. The maximum atomic E-state index is 12.1. The van der Waals surface area contributed by atoms with Crippen LogP contribution in [-0.2, 0) is 0 Å². The molecule has 0 unspecified atom stereocenters. The van der Waals surface area contributed by atoms with Crippen LogP contribution in [0.25, 0.3) is 0 Å². The average molecular weight is 275 g/mol. The van der Waals surface area contributed by atoms with Crippen molar-refractivity contribution in [3.63, 3.8) is 0 Å². The quantitative estimate of drug-likeness (QED) is 0.884. The minimum absolute atomic E-state index is 0.110. The number of urea groups is 1. The maximum absolute atomic E-state index is 12.1. The van der Waals surface area contributed by atoms with Crippen LogP contribution >= 0.6 is 0 Å². The van der Waals surface area contributed by atoms with Crippen molar-refractivity contribution in [1.82, 2.24) is 10.3 Å². The second-order valence-electron chi connectivity index (χ2n) is 6.27. The van der Waals surface area contributed by atoms with Gasteiger partial charge in [-0.3, -0.25) is 4.98 Å². The van der Waals surface area contributed by atoms with Crippen molar-refractivity contribution >= 4 is 11.7 Å². The van der Waals surface area contributed by atoms with Crippen LogP contribution in [0.4, 0.5) is 10.5 Å². The summed E-state index contributed by atoms with van der Waals surface area (Å²) in [6.07, 6.45) is 6.91. The van der Waals surface area contributed by atoms with E-state index in [1.54, 1.807) is 24.5 Å². The fraction of sp³-hybridized carbons (Fsp3) is 0.625. The van der Waals surface area contributed by atoms with Gasteiger partial charge in [-0.1, -0.05) is 27.2 Å². The Bertz CT molecular complexity index is 433. The predicted molar refractivity (Wildman–Crippen MR) is 81.5 cm³/mol. The molecule has 0 radical (unpaired) electrons. The monoisotopic (exact) mass is 275 g/mol. The summed E-state index contributed by atoms with van der Waals surface area (Å²) in [4.78, 5) is 16.1. The number of carbonyl (C=O) groups excluding carboxylic acids is 1. The first-order valence-electron chi connectivity index (χ1n) is 7.53. The van der Waals surface area contributed by atoms with Crippen LogP contribution in [0.3, 0.4) is 0 Å². The summed E-state index contributed by atoms with van der Waals surface area (Å²) in [5.41, 5.74) is 0.780. The number of hydrogen-bond donors (Lipinski definition) is 2. The molecular formula is C16H25N3O. The molecule has 1 heterocycles. The maximum Gasteiger partial charge on any atom is 0.319 e. The molecule has 0 spiro atoms. The van der Waals surface area contributed by atoms with Crippen molar-refractivity contribution in [3.8, 4) is 0 Å². The third-order valence-corrected chi connectivity index (χ3v) is 4.28. The number of carbonyl (C=O) groups is 1. The second kappa shape index (κ2) is 6.73. The molecule has 110 valence electrons. The molecule has 0 aromatic carbocycles. The van der Waals surface area contributed by atoms with Crippen molar-refractivity contribution in [1.29, 1.82) is 0 Å². The fourth-order valence-corrected chi connectivity index (χ4v) is 3.14. The van der Waals surface area contributed by atoms with E-state index in [9.17, 15) is 4.79 Å². The Hall–Kier alpha value is -1.58. The van der Waals surface area contributed by atoms with Crippen LogP contribution in [0, 0.1) is 17.8 Å². The van der Waals surface area contributed by atoms with E-state index in [2.05, 4.69) is 36.4 Å². The highest BCUT2D eigenvalue weighted by Gasteiger charge is 2.31. The largest absolute Gasteiger partial charge is 0.335 e. The molecule has 1 aromatic heterocycles. The van der Waals surface area contributed by atoms with Crippen molar-refractivity contribution in [3.05, 3.63) is 24.5 Å². The number of rotatable bonds is 3. The number of amides is 2. The van der Waals surface area contributed by atoms with Gasteiger partial charge in [-0.25, -0.2) is 4.79 Å². The number of hydrogen-bond acceptors (Lipinski definition) is 2. The van der Waals surface area contributed by atoms with Crippen molar-refractivity contribution in [2.75, 3.05) is 5.32 Å². The first-order valence-corrected chi connectivity index (χ1v) is 7.53. The van der Waals surface area contributed by atoms with Gasteiger partial charge in [0.1, 0.15) is 0 Å². The van der Waals surface area contributed by atoms with Gasteiger partial charge in [0.25, 0.3) is 0 Å². The van der Waals surface area contributed by atoms with E-state index in [4.69, 9.17) is 0 Å². The van der Waals surface area contributed by atoms with Gasteiger partial charge in [-0.05, 0) is 42.7 Å². The predicted octanol–water partition coefficient (Wildman–Crippen LogP) is 3.66. The van der Waals surface area contributed by atoms with Crippen LogP contribution in [-0.4, -0.2) is 17.1 Å². The second-order valence-corrected chi connectivity index (χ2v) is 6.27. The third-order valence-electron chi connectivity index (χ3n) is 4.28. The molecule has 1 saturated carbocycles. The summed E-state index contributed by atoms with van der Waals surface area (Å²) in [5.74, 6) is 1.87. The lowest BCUT2D eigenvalue weighted by Gasteiger charge is -2.37. The molecule has 0 aliphatic heterocycles. The molecule has 1 fully saturated rings. The molecule has 3 atom stereocenters. The average Bonchev–Trinajstić information content (AvgIpc) is 2.39. The molecule has 2 N–H and O–H groups in total. The van der Waals surface area contributed by atoms with E-state index in [-0.39, 0.29) is 12.1 Å². The molecule has 0 bridgehead atoms. The molecule has 2 amide bonds. The highest BCUT2D eigenvalue weighted by atomic mass is 16.2. The van der Waals surface area contributed by atoms with Gasteiger partial charge in [0, 0.05) is 24.1 Å². The van der Waals surface area contributed by atoms with Gasteiger partial charge in [0.2, 0.25) is 0 Å². The molecule has 2 rings (SSSR count). The molecular weight excluding hydrogens is 250 g/mol. The van der Waals surface area contributed by atoms with Crippen LogP contribution in [0.1, 0.15) is 40.0 Å². The summed E-state index contributed by atoms with van der Waals surface area (Å²) in [7, 11) is 0. The molecule has 20 heavy (non-hydrogen) atoms. The minimum Gasteiger partial charge on any atom is -0.335 e. The van der Waals surface area contributed by atoms with E-state index >= 15 is 0 Å². The SMILES string of the molecule is CC(C)[C@@H]1CC[C@@H](C)C[C@@H]1NC(=O)Nc1ccncc1. The first kappa shape index (κ1) is 14.8. The molecule has 4 nitrogen and oxygen atoms in total. The molecule has 1 aromatic rings. The minimum atomic E-state index is -0.110. The van der Waals surface area contributed by atoms with E-state index in [0.717, 1.165) is 12.1 Å². The van der Waals surface area contributed by atoms with E-state index in [1.807, 2.05) is 0 Å². The summed E-state index contributed by atoms with van der Waals surface area (Å²) in [6.45, 7) is 6.76. The molecule has 1 aliphatic rings.